The Morgan fingerprint density at radius 2 is 2.18 bits per heavy atom. The average molecular weight is 235 g/mol. The highest BCUT2D eigenvalue weighted by Gasteiger charge is 2.32. The number of rotatable bonds is 5. The Morgan fingerprint density at radius 3 is 2.82 bits per heavy atom. The van der Waals surface area contributed by atoms with E-state index in [4.69, 9.17) is 9.47 Å². The molecule has 1 aliphatic rings. The Balaban J connectivity index is 2.22. The molecule has 17 heavy (non-hydrogen) atoms. The number of methoxy groups -OCH3 is 1. The van der Waals surface area contributed by atoms with Crippen LogP contribution in [-0.4, -0.2) is 19.8 Å². The minimum absolute atomic E-state index is 0.239. The van der Waals surface area contributed by atoms with Gasteiger partial charge in [-0.25, -0.2) is 0 Å². The lowest BCUT2D eigenvalue weighted by Crippen LogP contribution is -2.30. The number of hydrogen-bond acceptors (Lipinski definition) is 3. The van der Waals surface area contributed by atoms with Crippen molar-refractivity contribution in [3.8, 4) is 11.5 Å². The van der Waals surface area contributed by atoms with E-state index in [9.17, 15) is 0 Å². The first-order valence-corrected chi connectivity index (χ1v) is 6.38. The molecule has 3 heteroatoms. The standard InChI is InChI=1S/C14H21NO2/c1-4-8-15-14-11-7-6-10(16-3)9-13(11)17-12(14)5-2/h6-7,9,12,14-15H,4-5,8H2,1-3H3. The van der Waals surface area contributed by atoms with Gasteiger partial charge >= 0.3 is 0 Å². The van der Waals surface area contributed by atoms with Gasteiger partial charge in [-0.3, -0.25) is 0 Å². The lowest BCUT2D eigenvalue weighted by molar-refractivity contribution is 0.185. The first-order chi connectivity index (χ1) is 8.30. The van der Waals surface area contributed by atoms with Gasteiger partial charge in [-0.05, 0) is 31.5 Å². The van der Waals surface area contributed by atoms with E-state index in [-0.39, 0.29) is 6.10 Å². The van der Waals surface area contributed by atoms with Gasteiger partial charge in [0.05, 0.1) is 13.2 Å². The quantitative estimate of drug-likeness (QED) is 0.851. The van der Waals surface area contributed by atoms with Crippen LogP contribution in [0.3, 0.4) is 0 Å². The van der Waals surface area contributed by atoms with E-state index in [0.717, 1.165) is 30.9 Å². The molecule has 3 nitrogen and oxygen atoms in total. The Morgan fingerprint density at radius 1 is 1.35 bits per heavy atom. The van der Waals surface area contributed by atoms with Crippen LogP contribution in [0.15, 0.2) is 18.2 Å². The fraction of sp³-hybridized carbons (Fsp3) is 0.571. The summed E-state index contributed by atoms with van der Waals surface area (Å²) in [5.41, 5.74) is 1.26. The zero-order chi connectivity index (χ0) is 12.3. The van der Waals surface area contributed by atoms with Crippen LogP contribution in [0.5, 0.6) is 11.5 Å². The Kier molecular flexibility index (Phi) is 3.89. The maximum absolute atomic E-state index is 5.97. The average Bonchev–Trinajstić information content (AvgIpc) is 2.72. The summed E-state index contributed by atoms with van der Waals surface area (Å²) >= 11 is 0. The van der Waals surface area contributed by atoms with Crippen molar-refractivity contribution in [1.82, 2.24) is 5.32 Å². The van der Waals surface area contributed by atoms with Crippen molar-refractivity contribution in [2.45, 2.75) is 38.8 Å². The number of hydrogen-bond donors (Lipinski definition) is 1. The van der Waals surface area contributed by atoms with Gasteiger partial charge in [0, 0.05) is 11.6 Å². The van der Waals surface area contributed by atoms with Gasteiger partial charge in [-0.1, -0.05) is 13.8 Å². The summed E-state index contributed by atoms with van der Waals surface area (Å²) < 4.78 is 11.2. The third kappa shape index (κ3) is 2.39. The smallest absolute Gasteiger partial charge is 0.128 e. The molecule has 0 aromatic heterocycles. The first kappa shape index (κ1) is 12.2. The third-order valence-corrected chi connectivity index (χ3v) is 3.22. The van der Waals surface area contributed by atoms with E-state index < -0.39 is 0 Å². The van der Waals surface area contributed by atoms with Crippen LogP contribution in [0.25, 0.3) is 0 Å². The van der Waals surface area contributed by atoms with E-state index in [1.165, 1.54) is 5.56 Å². The summed E-state index contributed by atoms with van der Waals surface area (Å²) in [6, 6.07) is 6.41. The first-order valence-electron chi connectivity index (χ1n) is 6.38. The maximum atomic E-state index is 5.97. The van der Waals surface area contributed by atoms with Crippen LogP contribution in [0.2, 0.25) is 0 Å². The minimum atomic E-state index is 0.239. The second-order valence-electron chi connectivity index (χ2n) is 4.40. The molecule has 0 saturated carbocycles. The van der Waals surface area contributed by atoms with Crippen molar-refractivity contribution >= 4 is 0 Å². The molecule has 1 N–H and O–H groups in total. The molecule has 0 saturated heterocycles. The normalized spacial score (nSPS) is 22.1. The number of ether oxygens (including phenoxy) is 2. The largest absolute Gasteiger partial charge is 0.497 e. The van der Waals surface area contributed by atoms with E-state index in [1.54, 1.807) is 7.11 Å². The molecule has 2 rings (SSSR count). The van der Waals surface area contributed by atoms with E-state index in [1.807, 2.05) is 12.1 Å². The molecular formula is C14H21NO2. The fourth-order valence-electron chi connectivity index (χ4n) is 2.29. The lowest BCUT2D eigenvalue weighted by Gasteiger charge is -2.18. The van der Waals surface area contributed by atoms with E-state index in [2.05, 4.69) is 25.2 Å². The highest BCUT2D eigenvalue weighted by Crippen LogP contribution is 2.39. The number of nitrogens with one attached hydrogen (secondary N) is 1. The monoisotopic (exact) mass is 235 g/mol. The molecule has 2 atom stereocenters. The van der Waals surface area contributed by atoms with Crippen molar-refractivity contribution < 1.29 is 9.47 Å². The zero-order valence-electron chi connectivity index (χ0n) is 10.8. The highest BCUT2D eigenvalue weighted by molar-refractivity contribution is 5.45. The molecule has 1 aliphatic heterocycles. The summed E-state index contributed by atoms with van der Waals surface area (Å²) in [6.07, 6.45) is 2.39. The van der Waals surface area contributed by atoms with Crippen LogP contribution < -0.4 is 14.8 Å². The molecule has 0 spiro atoms. The van der Waals surface area contributed by atoms with Crippen molar-refractivity contribution in [2.24, 2.45) is 0 Å². The molecule has 0 aliphatic carbocycles. The molecule has 94 valence electrons. The number of benzene rings is 1. The van der Waals surface area contributed by atoms with Gasteiger partial charge in [-0.2, -0.15) is 0 Å². The summed E-state index contributed by atoms with van der Waals surface area (Å²) in [4.78, 5) is 0. The van der Waals surface area contributed by atoms with Gasteiger partial charge in [0.1, 0.15) is 17.6 Å². The Hall–Kier alpha value is -1.22. The Bertz CT molecular complexity index is 378. The molecule has 1 aromatic carbocycles. The molecule has 0 radical (unpaired) electrons. The highest BCUT2D eigenvalue weighted by atomic mass is 16.5. The summed E-state index contributed by atoms with van der Waals surface area (Å²) in [6.45, 7) is 5.36. The SMILES string of the molecule is CCCNC1c2ccc(OC)cc2OC1CC. The van der Waals surface area contributed by atoms with Gasteiger partial charge in [-0.15, -0.1) is 0 Å². The van der Waals surface area contributed by atoms with Gasteiger partial charge in [0.2, 0.25) is 0 Å². The lowest BCUT2D eigenvalue weighted by atomic mass is 10.0. The van der Waals surface area contributed by atoms with Crippen LogP contribution >= 0.6 is 0 Å². The topological polar surface area (TPSA) is 30.5 Å². The second kappa shape index (κ2) is 5.41. The zero-order valence-corrected chi connectivity index (χ0v) is 10.8. The van der Waals surface area contributed by atoms with Crippen molar-refractivity contribution in [1.29, 1.82) is 0 Å². The van der Waals surface area contributed by atoms with Crippen LogP contribution in [0.1, 0.15) is 38.3 Å². The second-order valence-corrected chi connectivity index (χ2v) is 4.40. The van der Waals surface area contributed by atoms with Crippen molar-refractivity contribution in [2.75, 3.05) is 13.7 Å². The van der Waals surface area contributed by atoms with Gasteiger partial charge in [0.15, 0.2) is 0 Å². The van der Waals surface area contributed by atoms with E-state index >= 15 is 0 Å². The van der Waals surface area contributed by atoms with Gasteiger partial charge in [0.25, 0.3) is 0 Å². The molecule has 1 heterocycles. The van der Waals surface area contributed by atoms with Crippen molar-refractivity contribution in [3.63, 3.8) is 0 Å². The molecule has 1 aromatic rings. The molecular weight excluding hydrogens is 214 g/mol. The van der Waals surface area contributed by atoms with Crippen LogP contribution in [0, 0.1) is 0 Å². The fourth-order valence-corrected chi connectivity index (χ4v) is 2.29. The summed E-state index contributed by atoms with van der Waals surface area (Å²) in [7, 11) is 1.68. The molecule has 0 bridgehead atoms. The minimum Gasteiger partial charge on any atom is -0.497 e. The maximum Gasteiger partial charge on any atom is 0.128 e. The predicted octanol–water partition coefficient (Wildman–Crippen LogP) is 2.91. The van der Waals surface area contributed by atoms with Crippen LogP contribution in [-0.2, 0) is 0 Å². The van der Waals surface area contributed by atoms with Gasteiger partial charge < -0.3 is 14.8 Å². The number of fused-ring (bicyclic) bond motifs is 1. The van der Waals surface area contributed by atoms with E-state index in [0.29, 0.717) is 6.04 Å². The molecule has 0 fully saturated rings. The van der Waals surface area contributed by atoms with Crippen molar-refractivity contribution in [3.05, 3.63) is 23.8 Å². The summed E-state index contributed by atoms with van der Waals surface area (Å²) in [5, 5.41) is 3.56. The summed E-state index contributed by atoms with van der Waals surface area (Å²) in [5.74, 6) is 1.82. The molecule has 0 amide bonds. The third-order valence-electron chi connectivity index (χ3n) is 3.22. The Labute approximate surface area is 103 Å². The predicted molar refractivity (Wildman–Crippen MR) is 68.7 cm³/mol. The molecule has 2 unspecified atom stereocenters. The van der Waals surface area contributed by atoms with Crippen LogP contribution in [0.4, 0.5) is 0 Å².